The molecule has 6 nitrogen and oxygen atoms in total. The smallest absolute Gasteiger partial charge is 0.311 e. The van der Waals surface area contributed by atoms with Crippen LogP contribution >= 0.6 is 0 Å². The zero-order valence-electron chi connectivity index (χ0n) is 11.0. The Morgan fingerprint density at radius 2 is 2.47 bits per heavy atom. The summed E-state index contributed by atoms with van der Waals surface area (Å²) in [6, 6.07) is 2.96. The number of nitro groups is 1. The second-order valence-electron chi connectivity index (χ2n) is 5.39. The van der Waals surface area contributed by atoms with E-state index in [9.17, 15) is 15.2 Å². The first-order valence-electron chi connectivity index (χ1n) is 6.55. The van der Waals surface area contributed by atoms with Gasteiger partial charge in [-0.25, -0.2) is 4.98 Å². The molecule has 0 radical (unpaired) electrons. The molecule has 2 unspecified atom stereocenters. The highest BCUT2D eigenvalue weighted by Gasteiger charge is 2.36. The first-order chi connectivity index (χ1) is 9.06. The minimum Gasteiger partial charge on any atom is -0.394 e. The van der Waals surface area contributed by atoms with Crippen LogP contribution in [-0.4, -0.2) is 27.2 Å². The highest BCUT2D eigenvalue weighted by Crippen LogP contribution is 2.36. The van der Waals surface area contributed by atoms with Gasteiger partial charge in [0.05, 0.1) is 17.1 Å². The third-order valence-corrected chi connectivity index (χ3v) is 3.76. The van der Waals surface area contributed by atoms with Crippen LogP contribution in [0, 0.1) is 16.0 Å². The molecule has 2 atom stereocenters. The van der Waals surface area contributed by atoms with Gasteiger partial charge in [0.15, 0.2) is 0 Å². The van der Waals surface area contributed by atoms with E-state index in [4.69, 9.17) is 0 Å². The van der Waals surface area contributed by atoms with Crippen LogP contribution in [-0.2, 0) is 0 Å². The molecule has 0 spiro atoms. The number of aliphatic hydroxyl groups is 1. The molecular weight excluding hydrogens is 246 g/mol. The van der Waals surface area contributed by atoms with E-state index in [2.05, 4.69) is 17.2 Å². The molecule has 1 aliphatic rings. The predicted octanol–water partition coefficient (Wildman–Crippen LogP) is 2.34. The van der Waals surface area contributed by atoms with Gasteiger partial charge in [0.2, 0.25) is 5.82 Å². The van der Waals surface area contributed by atoms with Gasteiger partial charge in [-0.2, -0.15) is 0 Å². The van der Waals surface area contributed by atoms with E-state index in [-0.39, 0.29) is 18.1 Å². The number of nitrogens with zero attached hydrogens (tertiary/aromatic N) is 2. The monoisotopic (exact) mass is 265 g/mol. The van der Waals surface area contributed by atoms with E-state index < -0.39 is 10.5 Å². The van der Waals surface area contributed by atoms with Gasteiger partial charge in [-0.1, -0.05) is 19.8 Å². The Labute approximate surface area is 112 Å². The second kappa shape index (κ2) is 5.52. The molecule has 0 aliphatic heterocycles. The van der Waals surface area contributed by atoms with Crippen molar-refractivity contribution in [2.24, 2.45) is 5.92 Å². The Hall–Kier alpha value is -1.69. The Balaban J connectivity index is 2.25. The molecular formula is C13H19N3O3. The molecule has 1 aliphatic carbocycles. The fourth-order valence-electron chi connectivity index (χ4n) is 2.85. The van der Waals surface area contributed by atoms with Gasteiger partial charge < -0.3 is 10.4 Å². The summed E-state index contributed by atoms with van der Waals surface area (Å²) in [6.07, 6.45) is 5.27. The first-order valence-corrected chi connectivity index (χ1v) is 6.55. The summed E-state index contributed by atoms with van der Waals surface area (Å²) in [5.41, 5.74) is -0.537. The molecule has 2 rings (SSSR count). The standard InChI is InChI=1S/C13H19N3O3/c1-10-4-2-6-13(8-10,9-17)15-12-11(16(18)19)5-3-7-14-12/h3,5,7,10,17H,2,4,6,8-9H2,1H3,(H,14,15). The molecule has 6 heteroatoms. The van der Waals surface area contributed by atoms with Crippen molar-refractivity contribution < 1.29 is 10.0 Å². The molecule has 0 amide bonds. The Morgan fingerprint density at radius 1 is 1.68 bits per heavy atom. The largest absolute Gasteiger partial charge is 0.394 e. The summed E-state index contributed by atoms with van der Waals surface area (Å²) in [5.74, 6) is 0.742. The summed E-state index contributed by atoms with van der Waals surface area (Å²) in [6.45, 7) is 2.10. The summed E-state index contributed by atoms with van der Waals surface area (Å²) < 4.78 is 0. The molecule has 1 saturated carbocycles. The molecule has 1 heterocycles. The maximum Gasteiger partial charge on any atom is 0.311 e. The van der Waals surface area contributed by atoms with Gasteiger partial charge in [0, 0.05) is 12.3 Å². The van der Waals surface area contributed by atoms with Crippen LogP contribution in [0.5, 0.6) is 0 Å². The molecule has 1 fully saturated rings. The molecule has 0 aromatic carbocycles. The Kier molecular flexibility index (Phi) is 3.99. The van der Waals surface area contributed by atoms with Crippen molar-refractivity contribution in [3.8, 4) is 0 Å². The summed E-state index contributed by atoms with van der Waals surface area (Å²) in [5, 5.41) is 23.8. The van der Waals surface area contributed by atoms with Gasteiger partial charge in [0.1, 0.15) is 0 Å². The van der Waals surface area contributed by atoms with Crippen LogP contribution in [0.1, 0.15) is 32.6 Å². The van der Waals surface area contributed by atoms with Crippen LogP contribution in [0.25, 0.3) is 0 Å². The first kappa shape index (κ1) is 13.7. The highest BCUT2D eigenvalue weighted by atomic mass is 16.6. The van der Waals surface area contributed by atoms with Crippen molar-refractivity contribution >= 4 is 11.5 Å². The number of rotatable bonds is 4. The third-order valence-electron chi connectivity index (χ3n) is 3.76. The Bertz CT molecular complexity index is 466. The molecule has 104 valence electrons. The highest BCUT2D eigenvalue weighted by molar-refractivity contribution is 5.56. The minimum atomic E-state index is -0.489. The van der Waals surface area contributed by atoms with Crippen LogP contribution in [0.3, 0.4) is 0 Å². The average Bonchev–Trinajstić information content (AvgIpc) is 2.39. The van der Waals surface area contributed by atoms with Crippen molar-refractivity contribution in [2.75, 3.05) is 11.9 Å². The van der Waals surface area contributed by atoms with Gasteiger partial charge >= 0.3 is 5.69 Å². The number of pyridine rings is 1. The lowest BCUT2D eigenvalue weighted by Gasteiger charge is -2.39. The SMILES string of the molecule is CC1CCCC(CO)(Nc2ncccc2[N+](=O)[O-])C1. The minimum absolute atomic E-state index is 0.0366. The fourth-order valence-corrected chi connectivity index (χ4v) is 2.85. The predicted molar refractivity (Wildman–Crippen MR) is 72.0 cm³/mol. The van der Waals surface area contributed by atoms with Crippen molar-refractivity contribution in [2.45, 2.75) is 38.1 Å². The van der Waals surface area contributed by atoms with E-state index in [0.29, 0.717) is 5.92 Å². The topological polar surface area (TPSA) is 88.3 Å². The van der Waals surface area contributed by atoms with Crippen molar-refractivity contribution in [3.05, 3.63) is 28.4 Å². The number of hydrogen-bond donors (Lipinski definition) is 2. The van der Waals surface area contributed by atoms with Crippen LogP contribution < -0.4 is 5.32 Å². The number of aliphatic hydroxyl groups excluding tert-OH is 1. The molecule has 0 bridgehead atoms. The maximum atomic E-state index is 11.0. The van der Waals surface area contributed by atoms with E-state index >= 15 is 0 Å². The zero-order valence-corrected chi connectivity index (χ0v) is 11.0. The fraction of sp³-hybridized carbons (Fsp3) is 0.615. The third kappa shape index (κ3) is 3.01. The van der Waals surface area contributed by atoms with Crippen molar-refractivity contribution in [1.29, 1.82) is 0 Å². The molecule has 1 aromatic heterocycles. The Morgan fingerprint density at radius 3 is 3.11 bits per heavy atom. The average molecular weight is 265 g/mol. The lowest BCUT2D eigenvalue weighted by molar-refractivity contribution is -0.384. The number of anilines is 1. The quantitative estimate of drug-likeness (QED) is 0.644. The molecule has 1 aromatic rings. The van der Waals surface area contributed by atoms with Crippen molar-refractivity contribution in [3.63, 3.8) is 0 Å². The molecule has 19 heavy (non-hydrogen) atoms. The van der Waals surface area contributed by atoms with Crippen molar-refractivity contribution in [1.82, 2.24) is 4.98 Å². The van der Waals surface area contributed by atoms with E-state index in [1.54, 1.807) is 6.07 Å². The normalized spacial score (nSPS) is 26.9. The van der Waals surface area contributed by atoms with E-state index in [0.717, 1.165) is 25.7 Å². The summed E-state index contributed by atoms with van der Waals surface area (Å²) >= 11 is 0. The van der Waals surface area contributed by atoms with Crippen LogP contribution in [0.2, 0.25) is 0 Å². The molecule has 0 saturated heterocycles. The molecule has 2 N–H and O–H groups in total. The summed E-state index contributed by atoms with van der Waals surface area (Å²) in [4.78, 5) is 14.6. The lowest BCUT2D eigenvalue weighted by Crippen LogP contribution is -2.46. The second-order valence-corrected chi connectivity index (χ2v) is 5.39. The lowest BCUT2D eigenvalue weighted by atomic mass is 9.77. The number of hydrogen-bond acceptors (Lipinski definition) is 5. The van der Waals surface area contributed by atoms with E-state index in [1.165, 1.54) is 12.3 Å². The number of aromatic nitrogens is 1. The van der Waals surface area contributed by atoms with E-state index in [1.807, 2.05) is 0 Å². The van der Waals surface area contributed by atoms with Gasteiger partial charge in [-0.3, -0.25) is 10.1 Å². The number of nitrogens with one attached hydrogen (secondary N) is 1. The van der Waals surface area contributed by atoms with Crippen LogP contribution in [0.15, 0.2) is 18.3 Å². The van der Waals surface area contributed by atoms with Gasteiger partial charge in [-0.15, -0.1) is 0 Å². The van der Waals surface area contributed by atoms with Crippen LogP contribution in [0.4, 0.5) is 11.5 Å². The van der Waals surface area contributed by atoms with Gasteiger partial charge in [0.25, 0.3) is 0 Å². The zero-order chi connectivity index (χ0) is 13.9. The van der Waals surface area contributed by atoms with Gasteiger partial charge in [-0.05, 0) is 24.8 Å². The maximum absolute atomic E-state index is 11.0. The summed E-state index contributed by atoms with van der Waals surface area (Å²) in [7, 11) is 0.